The monoisotopic (exact) mass is 290 g/mol. The Morgan fingerprint density at radius 2 is 1.95 bits per heavy atom. The molecule has 0 heterocycles. The number of hydrazone groups is 1. The average Bonchev–Trinajstić information content (AvgIpc) is 2.47. The third-order valence-electron chi connectivity index (χ3n) is 2.92. The molecular weight excluding hydrogens is 264 g/mol. The van der Waals surface area contributed by atoms with Crippen LogP contribution >= 0.6 is 0 Å². The van der Waals surface area contributed by atoms with Crippen molar-refractivity contribution in [2.45, 2.75) is 46.5 Å². The maximum absolute atomic E-state index is 11.8. The molecule has 0 saturated carbocycles. The van der Waals surface area contributed by atoms with Gasteiger partial charge < -0.3 is 4.74 Å². The van der Waals surface area contributed by atoms with Gasteiger partial charge in [-0.25, -0.2) is 5.43 Å². The highest BCUT2D eigenvalue weighted by atomic mass is 16.5. The second kappa shape index (κ2) is 9.97. The van der Waals surface area contributed by atoms with Crippen LogP contribution in [-0.2, 0) is 0 Å². The number of amides is 1. The molecule has 0 bridgehead atoms. The van der Waals surface area contributed by atoms with Gasteiger partial charge in [0, 0.05) is 11.8 Å². The van der Waals surface area contributed by atoms with Crippen LogP contribution in [0, 0.1) is 5.92 Å². The Bertz CT molecular complexity index is 439. The van der Waals surface area contributed by atoms with Crippen LogP contribution in [0.4, 0.5) is 0 Å². The van der Waals surface area contributed by atoms with Crippen LogP contribution in [0.5, 0.6) is 5.75 Å². The minimum absolute atomic E-state index is 0.207. The van der Waals surface area contributed by atoms with Gasteiger partial charge in [0.1, 0.15) is 5.75 Å². The van der Waals surface area contributed by atoms with Gasteiger partial charge in [0.25, 0.3) is 5.91 Å². The Kier molecular flexibility index (Phi) is 8.17. The third kappa shape index (κ3) is 7.49. The number of unbranched alkanes of at least 4 members (excludes halogenated alkanes) is 3. The molecule has 4 nitrogen and oxygen atoms in total. The van der Waals surface area contributed by atoms with E-state index < -0.39 is 0 Å². The molecule has 4 heteroatoms. The Labute approximate surface area is 127 Å². The molecule has 0 unspecified atom stereocenters. The minimum atomic E-state index is -0.207. The van der Waals surface area contributed by atoms with E-state index in [1.807, 2.05) is 26.0 Å². The van der Waals surface area contributed by atoms with Crippen molar-refractivity contribution in [2.24, 2.45) is 11.0 Å². The number of carbonyl (C=O) groups excluding carboxylic acids is 1. The second-order valence-corrected chi connectivity index (χ2v) is 5.40. The SMILES string of the molecule is CCCCCCOc1ccc(C(=O)N/N=C/C(C)C)cc1. The molecule has 0 aliphatic carbocycles. The molecule has 0 saturated heterocycles. The first-order chi connectivity index (χ1) is 10.1. The van der Waals surface area contributed by atoms with Crippen LogP contribution in [0.2, 0.25) is 0 Å². The van der Waals surface area contributed by atoms with Crippen molar-refractivity contribution < 1.29 is 9.53 Å². The van der Waals surface area contributed by atoms with Gasteiger partial charge in [-0.15, -0.1) is 0 Å². The number of rotatable bonds is 9. The summed E-state index contributed by atoms with van der Waals surface area (Å²) in [7, 11) is 0. The van der Waals surface area contributed by atoms with Gasteiger partial charge in [0.15, 0.2) is 0 Å². The van der Waals surface area contributed by atoms with Crippen LogP contribution in [0.25, 0.3) is 0 Å². The summed E-state index contributed by atoms with van der Waals surface area (Å²) in [6, 6.07) is 7.14. The lowest BCUT2D eigenvalue weighted by molar-refractivity contribution is 0.0955. The summed E-state index contributed by atoms with van der Waals surface area (Å²) in [6.45, 7) is 6.92. The molecule has 1 N–H and O–H groups in total. The zero-order valence-electron chi connectivity index (χ0n) is 13.3. The first-order valence-electron chi connectivity index (χ1n) is 7.70. The summed E-state index contributed by atoms with van der Waals surface area (Å²) in [4.78, 5) is 11.8. The first-order valence-corrected chi connectivity index (χ1v) is 7.70. The van der Waals surface area contributed by atoms with Gasteiger partial charge in [-0.2, -0.15) is 5.10 Å². The zero-order valence-corrected chi connectivity index (χ0v) is 13.3. The smallest absolute Gasteiger partial charge is 0.271 e. The summed E-state index contributed by atoms with van der Waals surface area (Å²) < 4.78 is 5.64. The Hall–Kier alpha value is -1.84. The van der Waals surface area contributed by atoms with Gasteiger partial charge in [-0.05, 0) is 36.6 Å². The fraction of sp³-hybridized carbons (Fsp3) is 0.529. The van der Waals surface area contributed by atoms with Crippen molar-refractivity contribution in [3.8, 4) is 5.75 Å². The van der Waals surface area contributed by atoms with Crippen molar-refractivity contribution in [1.82, 2.24) is 5.43 Å². The Morgan fingerprint density at radius 1 is 1.24 bits per heavy atom. The highest BCUT2D eigenvalue weighted by molar-refractivity contribution is 5.94. The van der Waals surface area contributed by atoms with Gasteiger partial charge >= 0.3 is 0 Å². The molecule has 0 aliphatic heterocycles. The number of hydrogen-bond donors (Lipinski definition) is 1. The van der Waals surface area contributed by atoms with Crippen LogP contribution in [0.3, 0.4) is 0 Å². The van der Waals surface area contributed by atoms with E-state index in [2.05, 4.69) is 17.5 Å². The van der Waals surface area contributed by atoms with Crippen molar-refractivity contribution in [3.05, 3.63) is 29.8 Å². The predicted molar refractivity (Wildman–Crippen MR) is 86.9 cm³/mol. The molecule has 0 radical (unpaired) electrons. The molecule has 116 valence electrons. The molecule has 1 aromatic carbocycles. The second-order valence-electron chi connectivity index (χ2n) is 5.40. The molecule has 0 spiro atoms. The van der Waals surface area contributed by atoms with Gasteiger partial charge in [0.05, 0.1) is 6.61 Å². The van der Waals surface area contributed by atoms with Crippen LogP contribution < -0.4 is 10.2 Å². The number of carbonyl (C=O) groups is 1. The van der Waals surface area contributed by atoms with Crippen LogP contribution in [0.15, 0.2) is 29.4 Å². The normalized spacial score (nSPS) is 11.0. The van der Waals surface area contributed by atoms with Crippen molar-refractivity contribution in [3.63, 3.8) is 0 Å². The number of nitrogens with zero attached hydrogens (tertiary/aromatic N) is 1. The van der Waals surface area contributed by atoms with Gasteiger partial charge in [-0.3, -0.25) is 4.79 Å². The standard InChI is InChI=1S/C17H26N2O2/c1-4-5-6-7-12-21-16-10-8-15(9-11-16)17(20)19-18-13-14(2)3/h8-11,13-14H,4-7,12H2,1-3H3,(H,19,20)/b18-13+. The Balaban J connectivity index is 2.37. The summed E-state index contributed by atoms with van der Waals surface area (Å²) >= 11 is 0. The molecule has 0 aliphatic rings. The lowest BCUT2D eigenvalue weighted by Crippen LogP contribution is -2.17. The molecule has 0 fully saturated rings. The van der Waals surface area contributed by atoms with Crippen molar-refractivity contribution in [1.29, 1.82) is 0 Å². The zero-order chi connectivity index (χ0) is 15.5. The number of hydrogen-bond acceptors (Lipinski definition) is 3. The lowest BCUT2D eigenvalue weighted by Gasteiger charge is -2.06. The van der Waals surface area contributed by atoms with E-state index >= 15 is 0 Å². The van der Waals surface area contributed by atoms with E-state index in [4.69, 9.17) is 4.74 Å². The minimum Gasteiger partial charge on any atom is -0.494 e. The van der Waals surface area contributed by atoms with Crippen LogP contribution in [0.1, 0.15) is 56.8 Å². The quantitative estimate of drug-likeness (QED) is 0.424. The number of benzene rings is 1. The summed E-state index contributed by atoms with van der Waals surface area (Å²) in [6.07, 6.45) is 6.44. The number of nitrogens with one attached hydrogen (secondary N) is 1. The summed E-state index contributed by atoms with van der Waals surface area (Å²) in [5.74, 6) is 0.906. The van der Waals surface area contributed by atoms with E-state index in [9.17, 15) is 4.79 Å². The van der Waals surface area contributed by atoms with Gasteiger partial charge in [-0.1, -0.05) is 40.0 Å². The van der Waals surface area contributed by atoms with Crippen LogP contribution in [-0.4, -0.2) is 18.7 Å². The fourth-order valence-corrected chi connectivity index (χ4v) is 1.73. The maximum Gasteiger partial charge on any atom is 0.271 e. The highest BCUT2D eigenvalue weighted by Gasteiger charge is 2.04. The van der Waals surface area contributed by atoms with Crippen molar-refractivity contribution >= 4 is 12.1 Å². The third-order valence-corrected chi connectivity index (χ3v) is 2.92. The topological polar surface area (TPSA) is 50.7 Å². The van der Waals surface area contributed by atoms with Gasteiger partial charge in [0.2, 0.25) is 0 Å². The van der Waals surface area contributed by atoms with E-state index in [1.165, 1.54) is 19.3 Å². The fourth-order valence-electron chi connectivity index (χ4n) is 1.73. The first kappa shape index (κ1) is 17.2. The van der Waals surface area contributed by atoms with Crippen molar-refractivity contribution in [2.75, 3.05) is 6.61 Å². The highest BCUT2D eigenvalue weighted by Crippen LogP contribution is 2.13. The molecule has 21 heavy (non-hydrogen) atoms. The molecule has 0 atom stereocenters. The average molecular weight is 290 g/mol. The predicted octanol–water partition coefficient (Wildman–Crippen LogP) is 4.02. The van der Waals surface area contributed by atoms with E-state index in [1.54, 1.807) is 18.3 Å². The largest absolute Gasteiger partial charge is 0.494 e. The maximum atomic E-state index is 11.8. The lowest BCUT2D eigenvalue weighted by atomic mass is 10.2. The van der Waals surface area contributed by atoms with E-state index in [-0.39, 0.29) is 5.91 Å². The van der Waals surface area contributed by atoms with E-state index in [0.29, 0.717) is 11.5 Å². The van der Waals surface area contributed by atoms with E-state index in [0.717, 1.165) is 18.8 Å². The Morgan fingerprint density at radius 3 is 2.57 bits per heavy atom. The molecule has 1 amide bonds. The molecule has 1 aromatic rings. The summed E-state index contributed by atoms with van der Waals surface area (Å²) in [5.41, 5.74) is 3.08. The molecular formula is C17H26N2O2. The number of ether oxygens (including phenoxy) is 1. The molecule has 1 rings (SSSR count). The summed E-state index contributed by atoms with van der Waals surface area (Å²) in [5, 5.41) is 3.89. The molecule has 0 aromatic heterocycles.